The van der Waals surface area contributed by atoms with E-state index in [2.05, 4.69) is 15.6 Å². The minimum Gasteiger partial charge on any atom is -0.346 e. The van der Waals surface area contributed by atoms with E-state index in [1.807, 2.05) is 12.1 Å². The van der Waals surface area contributed by atoms with E-state index in [1.165, 1.54) is 0 Å². The van der Waals surface area contributed by atoms with Gasteiger partial charge in [-0.3, -0.25) is 29.1 Å². The molecule has 1 aromatic heterocycles. The van der Waals surface area contributed by atoms with E-state index in [4.69, 9.17) is 0 Å². The Morgan fingerprint density at radius 3 is 2.21 bits per heavy atom. The first-order valence-electron chi connectivity index (χ1n) is 10.9. The molecule has 2 aromatic carbocycles. The summed E-state index contributed by atoms with van der Waals surface area (Å²) in [6, 6.07) is 17.4. The second-order valence-electron chi connectivity index (χ2n) is 8.29. The lowest BCUT2D eigenvalue weighted by atomic mass is 10.0. The van der Waals surface area contributed by atoms with Gasteiger partial charge in [0.15, 0.2) is 0 Å². The zero-order valence-corrected chi connectivity index (χ0v) is 18.8. The molecule has 8 nitrogen and oxygen atoms in total. The van der Waals surface area contributed by atoms with Crippen molar-refractivity contribution >= 4 is 29.3 Å². The number of carbonyl (C=O) groups excluding carboxylic acids is 4. The van der Waals surface area contributed by atoms with E-state index in [1.54, 1.807) is 74.6 Å². The summed E-state index contributed by atoms with van der Waals surface area (Å²) < 4.78 is 0. The van der Waals surface area contributed by atoms with Gasteiger partial charge in [-0.15, -0.1) is 0 Å². The van der Waals surface area contributed by atoms with Crippen LogP contribution in [0.4, 0.5) is 5.69 Å². The molecule has 8 heteroatoms. The minimum absolute atomic E-state index is 0.269. The summed E-state index contributed by atoms with van der Waals surface area (Å²) in [6.45, 7) is 3.82. The average Bonchev–Trinajstić information content (AvgIpc) is 3.09. The number of nitrogens with one attached hydrogen (secondary N) is 2. The normalized spacial score (nSPS) is 13.6. The summed E-state index contributed by atoms with van der Waals surface area (Å²) in [6.07, 6.45) is 1.65. The summed E-state index contributed by atoms with van der Waals surface area (Å²) in [7, 11) is 0. The van der Waals surface area contributed by atoms with E-state index < -0.39 is 23.8 Å². The van der Waals surface area contributed by atoms with Crippen molar-refractivity contribution in [1.29, 1.82) is 0 Å². The molecule has 0 saturated heterocycles. The second-order valence-corrected chi connectivity index (χ2v) is 8.29. The molecule has 0 aliphatic carbocycles. The van der Waals surface area contributed by atoms with Gasteiger partial charge in [0.25, 0.3) is 17.7 Å². The van der Waals surface area contributed by atoms with Crippen molar-refractivity contribution < 1.29 is 19.2 Å². The van der Waals surface area contributed by atoms with Crippen molar-refractivity contribution in [1.82, 2.24) is 15.2 Å². The van der Waals surface area contributed by atoms with Crippen LogP contribution < -0.4 is 10.6 Å². The highest BCUT2D eigenvalue weighted by Crippen LogP contribution is 2.28. The third-order valence-electron chi connectivity index (χ3n) is 5.55. The van der Waals surface area contributed by atoms with Gasteiger partial charge in [-0.05, 0) is 48.4 Å². The second kappa shape index (κ2) is 9.66. The summed E-state index contributed by atoms with van der Waals surface area (Å²) in [5, 5.41) is 5.55. The van der Waals surface area contributed by atoms with Gasteiger partial charge in [0.2, 0.25) is 5.91 Å². The first-order valence-corrected chi connectivity index (χ1v) is 10.9. The van der Waals surface area contributed by atoms with Gasteiger partial charge >= 0.3 is 0 Å². The SMILES string of the molecule is CC(C)C(C(=O)Nc1cccc(C(=O)NCc2ccccn2)c1)N1C(=O)c2ccccc2C1=O. The molecule has 2 N–H and O–H groups in total. The van der Waals surface area contributed by atoms with Crippen LogP contribution in [-0.4, -0.2) is 39.6 Å². The number of hydrogen-bond donors (Lipinski definition) is 2. The highest BCUT2D eigenvalue weighted by atomic mass is 16.2. The quantitative estimate of drug-likeness (QED) is 0.531. The van der Waals surface area contributed by atoms with E-state index in [9.17, 15) is 19.2 Å². The molecular formula is C26H24N4O4. The van der Waals surface area contributed by atoms with E-state index in [0.717, 1.165) is 10.6 Å². The standard InChI is InChI=1S/C26H24N4O4/c1-16(2)22(30-25(33)20-11-3-4-12-21(20)26(30)34)24(32)29-18-10-7-8-17(14-18)23(31)28-15-19-9-5-6-13-27-19/h3-14,16,22H,15H2,1-2H3,(H,28,31)(H,29,32). The van der Waals surface area contributed by atoms with Crippen LogP contribution in [0.15, 0.2) is 72.9 Å². The molecule has 34 heavy (non-hydrogen) atoms. The number of fused-ring (bicyclic) bond motifs is 1. The predicted octanol–water partition coefficient (Wildman–Crippen LogP) is 3.27. The maximum atomic E-state index is 13.2. The molecule has 1 aliphatic rings. The molecule has 0 fully saturated rings. The molecule has 1 atom stereocenters. The lowest BCUT2D eigenvalue weighted by Gasteiger charge is -2.28. The fraction of sp³-hybridized carbons (Fsp3) is 0.192. The van der Waals surface area contributed by atoms with Crippen molar-refractivity contribution in [2.75, 3.05) is 5.32 Å². The van der Waals surface area contributed by atoms with E-state index >= 15 is 0 Å². The molecular weight excluding hydrogens is 432 g/mol. The Kier molecular flexibility index (Phi) is 6.49. The Balaban J connectivity index is 1.48. The van der Waals surface area contributed by atoms with Crippen LogP contribution >= 0.6 is 0 Å². The zero-order chi connectivity index (χ0) is 24.2. The molecule has 2 heterocycles. The summed E-state index contributed by atoms with van der Waals surface area (Å²) in [4.78, 5) is 56.8. The fourth-order valence-electron chi connectivity index (χ4n) is 3.91. The summed E-state index contributed by atoms with van der Waals surface area (Å²) in [5.41, 5.74) is 2.05. The maximum absolute atomic E-state index is 13.2. The van der Waals surface area contributed by atoms with Gasteiger partial charge in [0.05, 0.1) is 23.4 Å². The molecule has 0 radical (unpaired) electrons. The van der Waals surface area contributed by atoms with Gasteiger partial charge in [-0.1, -0.05) is 38.1 Å². The maximum Gasteiger partial charge on any atom is 0.262 e. The molecule has 3 aromatic rings. The van der Waals surface area contributed by atoms with E-state index in [0.29, 0.717) is 11.3 Å². The molecule has 0 spiro atoms. The van der Waals surface area contributed by atoms with Crippen LogP contribution in [0.2, 0.25) is 0 Å². The van der Waals surface area contributed by atoms with Gasteiger partial charge < -0.3 is 10.6 Å². The molecule has 4 amide bonds. The Morgan fingerprint density at radius 1 is 0.912 bits per heavy atom. The van der Waals surface area contributed by atoms with Crippen LogP contribution in [0.3, 0.4) is 0 Å². The number of nitrogens with zero attached hydrogens (tertiary/aromatic N) is 2. The number of pyridine rings is 1. The minimum atomic E-state index is -1.01. The van der Waals surface area contributed by atoms with E-state index in [-0.39, 0.29) is 29.5 Å². The molecule has 0 bridgehead atoms. The molecule has 0 saturated carbocycles. The topological polar surface area (TPSA) is 108 Å². The fourth-order valence-corrected chi connectivity index (χ4v) is 3.91. The number of aromatic nitrogens is 1. The first-order chi connectivity index (χ1) is 16.4. The largest absolute Gasteiger partial charge is 0.346 e. The van der Waals surface area contributed by atoms with Gasteiger partial charge in [-0.2, -0.15) is 0 Å². The van der Waals surface area contributed by atoms with Crippen LogP contribution in [0, 0.1) is 5.92 Å². The van der Waals surface area contributed by atoms with Crippen molar-refractivity contribution in [2.45, 2.75) is 26.4 Å². The summed E-state index contributed by atoms with van der Waals surface area (Å²) in [5.74, 6) is -2.13. The number of amides is 4. The monoisotopic (exact) mass is 456 g/mol. The molecule has 4 rings (SSSR count). The highest BCUT2D eigenvalue weighted by molar-refractivity contribution is 6.23. The lowest BCUT2D eigenvalue weighted by molar-refractivity contribution is -0.121. The third-order valence-corrected chi connectivity index (χ3v) is 5.55. The zero-order valence-electron chi connectivity index (χ0n) is 18.8. The predicted molar refractivity (Wildman–Crippen MR) is 126 cm³/mol. The Bertz CT molecular complexity index is 1220. The number of hydrogen-bond acceptors (Lipinski definition) is 5. The van der Waals surface area contributed by atoms with Crippen molar-refractivity contribution in [3.8, 4) is 0 Å². The summed E-state index contributed by atoms with van der Waals surface area (Å²) >= 11 is 0. The smallest absolute Gasteiger partial charge is 0.262 e. The third kappa shape index (κ3) is 4.56. The van der Waals surface area contributed by atoms with Crippen molar-refractivity contribution in [3.05, 3.63) is 95.3 Å². The first kappa shape index (κ1) is 22.8. The number of rotatable bonds is 7. The highest BCUT2D eigenvalue weighted by Gasteiger charge is 2.43. The Morgan fingerprint density at radius 2 is 1.59 bits per heavy atom. The van der Waals surface area contributed by atoms with Gasteiger partial charge in [0, 0.05) is 17.4 Å². The van der Waals surface area contributed by atoms with Crippen molar-refractivity contribution in [2.24, 2.45) is 5.92 Å². The number of carbonyl (C=O) groups is 4. The molecule has 1 aliphatic heterocycles. The number of benzene rings is 2. The molecule has 172 valence electrons. The Labute approximate surface area is 197 Å². The Hall–Kier alpha value is -4.33. The van der Waals surface area contributed by atoms with Gasteiger partial charge in [0.1, 0.15) is 6.04 Å². The van der Waals surface area contributed by atoms with Crippen LogP contribution in [0.1, 0.15) is 50.6 Å². The number of anilines is 1. The average molecular weight is 457 g/mol. The van der Waals surface area contributed by atoms with Crippen LogP contribution in [-0.2, 0) is 11.3 Å². The van der Waals surface area contributed by atoms with Crippen LogP contribution in [0.5, 0.6) is 0 Å². The lowest BCUT2D eigenvalue weighted by Crippen LogP contribution is -2.50. The van der Waals surface area contributed by atoms with Crippen molar-refractivity contribution in [3.63, 3.8) is 0 Å². The van der Waals surface area contributed by atoms with Crippen LogP contribution in [0.25, 0.3) is 0 Å². The molecule has 1 unspecified atom stereocenters. The number of imide groups is 1. The van der Waals surface area contributed by atoms with Gasteiger partial charge in [-0.25, -0.2) is 0 Å².